The molecule has 1 aliphatic rings. The summed E-state index contributed by atoms with van der Waals surface area (Å²) >= 11 is 0. The lowest BCUT2D eigenvalue weighted by Gasteiger charge is -2.16. The molecular formula is C20H27FO. The van der Waals surface area contributed by atoms with Gasteiger partial charge < -0.3 is 0 Å². The summed E-state index contributed by atoms with van der Waals surface area (Å²) in [5.41, 5.74) is 4.15. The molecule has 0 saturated carbocycles. The first-order chi connectivity index (χ1) is 10.4. The molecule has 0 amide bonds. The van der Waals surface area contributed by atoms with Crippen LogP contribution in [0.4, 0.5) is 4.39 Å². The molecule has 0 aromatic heterocycles. The van der Waals surface area contributed by atoms with Crippen LogP contribution in [0, 0.1) is 0 Å². The lowest BCUT2D eigenvalue weighted by molar-refractivity contribution is -0.113. The summed E-state index contributed by atoms with van der Waals surface area (Å²) in [6.07, 6.45) is 9.78. The number of halogens is 1. The molecule has 120 valence electrons. The van der Waals surface area contributed by atoms with Crippen molar-refractivity contribution in [1.82, 2.24) is 0 Å². The Balaban J connectivity index is 2.71. The number of carbonyl (C=O) groups excluding carboxylic acids is 1. The lowest BCUT2D eigenvalue weighted by Crippen LogP contribution is -2.11. The van der Waals surface area contributed by atoms with E-state index < -0.39 is 11.6 Å². The average molecular weight is 302 g/mol. The molecule has 0 fully saturated rings. The summed E-state index contributed by atoms with van der Waals surface area (Å²) in [5, 5.41) is 0. The zero-order valence-electron chi connectivity index (χ0n) is 14.3. The summed E-state index contributed by atoms with van der Waals surface area (Å²) in [6, 6.07) is 0. The van der Waals surface area contributed by atoms with Crippen LogP contribution in [0.3, 0.4) is 0 Å². The SMILES string of the molecule is C=C1C=C(C/C=C(\C)CCC=C(C)C)C(=O)C(F)=C1CCC. The van der Waals surface area contributed by atoms with Crippen LogP contribution >= 0.6 is 0 Å². The van der Waals surface area contributed by atoms with Gasteiger partial charge in [-0.1, -0.05) is 43.2 Å². The number of rotatable bonds is 7. The molecule has 0 bridgehead atoms. The molecule has 2 heteroatoms. The summed E-state index contributed by atoms with van der Waals surface area (Å²) in [4.78, 5) is 12.1. The molecular weight excluding hydrogens is 275 g/mol. The molecule has 0 atom stereocenters. The van der Waals surface area contributed by atoms with Gasteiger partial charge in [0.2, 0.25) is 5.78 Å². The molecule has 0 N–H and O–H groups in total. The summed E-state index contributed by atoms with van der Waals surface area (Å²) < 4.78 is 14.1. The van der Waals surface area contributed by atoms with Crippen LogP contribution in [-0.4, -0.2) is 5.78 Å². The summed E-state index contributed by atoms with van der Waals surface area (Å²) in [7, 11) is 0. The highest BCUT2D eigenvalue weighted by atomic mass is 19.1. The Bertz CT molecular complexity index is 567. The van der Waals surface area contributed by atoms with Gasteiger partial charge in [-0.3, -0.25) is 4.79 Å². The molecule has 0 aromatic carbocycles. The number of carbonyl (C=O) groups is 1. The van der Waals surface area contributed by atoms with Gasteiger partial charge in [-0.2, -0.15) is 0 Å². The Morgan fingerprint density at radius 2 is 1.95 bits per heavy atom. The zero-order chi connectivity index (χ0) is 16.7. The highest BCUT2D eigenvalue weighted by molar-refractivity contribution is 6.09. The van der Waals surface area contributed by atoms with Gasteiger partial charge >= 0.3 is 0 Å². The van der Waals surface area contributed by atoms with Gasteiger partial charge in [0.05, 0.1) is 0 Å². The molecule has 0 aliphatic heterocycles. The number of Topliss-reactive ketones (excluding diaryl/α,β-unsaturated/α-hetero) is 1. The first kappa shape index (κ1) is 18.3. The Labute approximate surface area is 134 Å². The van der Waals surface area contributed by atoms with Crippen LogP contribution in [-0.2, 0) is 4.79 Å². The fourth-order valence-electron chi connectivity index (χ4n) is 2.43. The maximum absolute atomic E-state index is 14.1. The van der Waals surface area contributed by atoms with E-state index in [2.05, 4.69) is 33.4 Å². The first-order valence-corrected chi connectivity index (χ1v) is 7.99. The first-order valence-electron chi connectivity index (χ1n) is 7.99. The van der Waals surface area contributed by atoms with Crippen LogP contribution in [0.25, 0.3) is 0 Å². The molecule has 0 heterocycles. The molecule has 0 saturated heterocycles. The number of ketones is 1. The highest BCUT2D eigenvalue weighted by Gasteiger charge is 2.24. The van der Waals surface area contributed by atoms with Gasteiger partial charge in [-0.15, -0.1) is 0 Å². The standard InChI is InChI=1S/C20H27FO/c1-6-8-18-16(5)13-17(20(22)19(18)21)12-11-15(4)10-7-9-14(2)3/h9,11,13H,5-8,10,12H2,1-4H3/b15-11+. The Kier molecular flexibility index (Phi) is 7.23. The van der Waals surface area contributed by atoms with E-state index in [4.69, 9.17) is 0 Å². The third-order valence-electron chi connectivity index (χ3n) is 3.75. The second-order valence-electron chi connectivity index (χ2n) is 6.14. The lowest BCUT2D eigenvalue weighted by atomic mass is 9.89. The predicted molar refractivity (Wildman–Crippen MR) is 92.3 cm³/mol. The van der Waals surface area contributed by atoms with E-state index >= 15 is 0 Å². The maximum Gasteiger partial charge on any atom is 0.217 e. The summed E-state index contributed by atoms with van der Waals surface area (Å²) in [5.74, 6) is -1.08. The normalized spacial score (nSPS) is 16.0. The second-order valence-corrected chi connectivity index (χ2v) is 6.14. The van der Waals surface area contributed by atoms with E-state index in [1.165, 1.54) is 11.1 Å². The Morgan fingerprint density at radius 3 is 2.55 bits per heavy atom. The monoisotopic (exact) mass is 302 g/mol. The molecule has 0 aromatic rings. The maximum atomic E-state index is 14.1. The third-order valence-corrected chi connectivity index (χ3v) is 3.75. The zero-order valence-corrected chi connectivity index (χ0v) is 14.3. The van der Waals surface area contributed by atoms with Crippen LogP contribution < -0.4 is 0 Å². The quantitative estimate of drug-likeness (QED) is 0.515. The van der Waals surface area contributed by atoms with Crippen molar-refractivity contribution in [2.24, 2.45) is 0 Å². The van der Waals surface area contributed by atoms with Gasteiger partial charge in [-0.05, 0) is 63.7 Å². The summed E-state index contributed by atoms with van der Waals surface area (Å²) in [6.45, 7) is 12.1. The van der Waals surface area contributed by atoms with Crippen LogP contribution in [0.1, 0.15) is 59.8 Å². The van der Waals surface area contributed by atoms with Crippen molar-refractivity contribution in [3.05, 3.63) is 58.5 Å². The van der Waals surface area contributed by atoms with Crippen molar-refractivity contribution in [2.75, 3.05) is 0 Å². The Morgan fingerprint density at radius 1 is 1.27 bits per heavy atom. The van der Waals surface area contributed by atoms with Crippen molar-refractivity contribution >= 4 is 5.78 Å². The van der Waals surface area contributed by atoms with Gasteiger partial charge in [0.15, 0.2) is 5.83 Å². The van der Waals surface area contributed by atoms with Crippen molar-refractivity contribution in [3.63, 3.8) is 0 Å². The molecule has 0 spiro atoms. The molecule has 22 heavy (non-hydrogen) atoms. The molecule has 1 rings (SSSR count). The average Bonchev–Trinajstić information content (AvgIpc) is 2.45. The van der Waals surface area contributed by atoms with E-state index in [0.717, 1.165) is 19.3 Å². The molecule has 1 nitrogen and oxygen atoms in total. The Hall–Kier alpha value is -1.70. The topological polar surface area (TPSA) is 17.1 Å². The minimum absolute atomic E-state index is 0.468. The second kappa shape index (κ2) is 8.67. The number of allylic oxidation sites excluding steroid dienone is 9. The van der Waals surface area contributed by atoms with Crippen molar-refractivity contribution in [3.8, 4) is 0 Å². The van der Waals surface area contributed by atoms with E-state index in [0.29, 0.717) is 29.6 Å². The molecule has 1 aliphatic carbocycles. The van der Waals surface area contributed by atoms with E-state index in [-0.39, 0.29) is 0 Å². The fourth-order valence-corrected chi connectivity index (χ4v) is 2.43. The van der Waals surface area contributed by atoms with Crippen LogP contribution in [0.2, 0.25) is 0 Å². The fraction of sp³-hybridized carbons (Fsp3) is 0.450. The largest absolute Gasteiger partial charge is 0.286 e. The van der Waals surface area contributed by atoms with Crippen molar-refractivity contribution in [2.45, 2.75) is 59.8 Å². The number of hydrogen-bond acceptors (Lipinski definition) is 1. The smallest absolute Gasteiger partial charge is 0.217 e. The van der Waals surface area contributed by atoms with E-state index in [1.54, 1.807) is 6.08 Å². The predicted octanol–water partition coefficient (Wildman–Crippen LogP) is 6.16. The van der Waals surface area contributed by atoms with Crippen LogP contribution in [0.15, 0.2) is 58.5 Å². The van der Waals surface area contributed by atoms with Gasteiger partial charge in [0.1, 0.15) is 0 Å². The molecule has 0 unspecified atom stereocenters. The van der Waals surface area contributed by atoms with E-state index in [1.807, 2.05) is 13.0 Å². The minimum Gasteiger partial charge on any atom is -0.286 e. The van der Waals surface area contributed by atoms with E-state index in [9.17, 15) is 9.18 Å². The van der Waals surface area contributed by atoms with Gasteiger partial charge in [0.25, 0.3) is 0 Å². The molecule has 0 radical (unpaired) electrons. The van der Waals surface area contributed by atoms with Crippen molar-refractivity contribution in [1.29, 1.82) is 0 Å². The third kappa shape index (κ3) is 5.25. The van der Waals surface area contributed by atoms with Gasteiger partial charge in [0, 0.05) is 5.57 Å². The highest BCUT2D eigenvalue weighted by Crippen LogP contribution is 2.31. The van der Waals surface area contributed by atoms with Gasteiger partial charge in [-0.25, -0.2) is 4.39 Å². The minimum atomic E-state index is -0.611. The van der Waals surface area contributed by atoms with Crippen molar-refractivity contribution < 1.29 is 9.18 Å². The van der Waals surface area contributed by atoms with Crippen LogP contribution in [0.5, 0.6) is 0 Å². The number of hydrogen-bond donors (Lipinski definition) is 0.